The molecule has 0 aromatic heterocycles. The molecule has 0 N–H and O–H groups in total. The first-order valence-electron chi connectivity index (χ1n) is 6.25. The maximum atomic E-state index is 11.3. The van der Waals surface area contributed by atoms with Crippen molar-refractivity contribution < 1.29 is 14.3 Å². The molecule has 0 amide bonds. The molecule has 0 rings (SSSR count). The topological polar surface area (TPSA) is 43.4 Å². The van der Waals surface area contributed by atoms with Gasteiger partial charge in [0.05, 0.1) is 6.61 Å². The van der Waals surface area contributed by atoms with Crippen LogP contribution in [0, 0.1) is 0 Å². The van der Waals surface area contributed by atoms with Gasteiger partial charge >= 0.3 is 5.97 Å². The lowest BCUT2D eigenvalue weighted by Crippen LogP contribution is -1.98. The van der Waals surface area contributed by atoms with Crippen LogP contribution >= 0.6 is 0 Å². The highest BCUT2D eigenvalue weighted by molar-refractivity contribution is 5.90. The molecule has 17 heavy (non-hydrogen) atoms. The second kappa shape index (κ2) is 11.1. The van der Waals surface area contributed by atoms with E-state index in [4.69, 9.17) is 4.74 Å². The summed E-state index contributed by atoms with van der Waals surface area (Å²) < 4.78 is 4.70. The minimum atomic E-state index is -0.382. The fourth-order valence-corrected chi connectivity index (χ4v) is 1.30. The highest BCUT2D eigenvalue weighted by Crippen LogP contribution is 2.03. The molecule has 0 aliphatic heterocycles. The van der Waals surface area contributed by atoms with Crippen molar-refractivity contribution in [2.75, 3.05) is 6.61 Å². The SMILES string of the molecule is CCCCCCC(=O)/C=C/C=C/C(=O)OCC. The third-order valence-corrected chi connectivity index (χ3v) is 2.19. The van der Waals surface area contributed by atoms with Crippen molar-refractivity contribution in [2.24, 2.45) is 0 Å². The number of carbonyl (C=O) groups excluding carboxylic acids is 2. The minimum absolute atomic E-state index is 0.106. The zero-order valence-electron chi connectivity index (χ0n) is 10.8. The Morgan fingerprint density at radius 2 is 1.71 bits per heavy atom. The number of hydrogen-bond acceptors (Lipinski definition) is 3. The van der Waals surface area contributed by atoms with E-state index in [1.165, 1.54) is 31.1 Å². The van der Waals surface area contributed by atoms with Gasteiger partial charge in [-0.25, -0.2) is 4.79 Å². The first-order valence-corrected chi connectivity index (χ1v) is 6.25. The molecule has 0 aliphatic carbocycles. The quantitative estimate of drug-likeness (QED) is 0.268. The molecule has 0 saturated carbocycles. The van der Waals surface area contributed by atoms with Crippen LogP contribution in [0.5, 0.6) is 0 Å². The van der Waals surface area contributed by atoms with E-state index in [2.05, 4.69) is 6.92 Å². The minimum Gasteiger partial charge on any atom is -0.463 e. The number of ketones is 1. The molecule has 3 heteroatoms. The number of esters is 1. The van der Waals surface area contributed by atoms with E-state index in [-0.39, 0.29) is 11.8 Å². The molecule has 0 heterocycles. The monoisotopic (exact) mass is 238 g/mol. The number of ether oxygens (including phenoxy) is 1. The van der Waals surface area contributed by atoms with Gasteiger partial charge in [-0.1, -0.05) is 38.3 Å². The number of unbranched alkanes of at least 4 members (excludes halogenated alkanes) is 3. The van der Waals surface area contributed by atoms with E-state index in [9.17, 15) is 9.59 Å². The highest BCUT2D eigenvalue weighted by atomic mass is 16.5. The summed E-state index contributed by atoms with van der Waals surface area (Å²) in [5.41, 5.74) is 0. The Balaban J connectivity index is 3.69. The number of carbonyl (C=O) groups is 2. The number of hydrogen-bond donors (Lipinski definition) is 0. The molecule has 0 unspecified atom stereocenters. The number of rotatable bonds is 9. The van der Waals surface area contributed by atoms with Crippen molar-refractivity contribution in [1.82, 2.24) is 0 Å². The van der Waals surface area contributed by atoms with Gasteiger partial charge in [0.1, 0.15) is 0 Å². The van der Waals surface area contributed by atoms with Crippen LogP contribution in [0.2, 0.25) is 0 Å². The van der Waals surface area contributed by atoms with Crippen LogP contribution in [-0.2, 0) is 14.3 Å². The van der Waals surface area contributed by atoms with Crippen molar-refractivity contribution >= 4 is 11.8 Å². The van der Waals surface area contributed by atoms with Crippen LogP contribution in [0.15, 0.2) is 24.3 Å². The Hall–Kier alpha value is -1.38. The molecule has 0 aromatic carbocycles. The summed E-state index contributed by atoms with van der Waals surface area (Å²) in [4.78, 5) is 22.2. The van der Waals surface area contributed by atoms with E-state index >= 15 is 0 Å². The number of allylic oxidation sites excluding steroid dienone is 3. The Labute approximate surface area is 104 Å². The lowest BCUT2D eigenvalue weighted by molar-refractivity contribution is -0.137. The molecule has 0 aromatic rings. The van der Waals surface area contributed by atoms with Crippen molar-refractivity contribution in [1.29, 1.82) is 0 Å². The van der Waals surface area contributed by atoms with Crippen LogP contribution in [0.4, 0.5) is 0 Å². The van der Waals surface area contributed by atoms with Gasteiger partial charge in [0.15, 0.2) is 5.78 Å². The standard InChI is InChI=1S/C14H22O3/c1-3-5-6-7-10-13(15)11-8-9-12-14(16)17-4-2/h8-9,11-12H,3-7,10H2,1-2H3/b11-8+,12-9+. The molecule has 0 atom stereocenters. The van der Waals surface area contributed by atoms with E-state index in [1.807, 2.05) is 0 Å². The third kappa shape index (κ3) is 10.9. The van der Waals surface area contributed by atoms with Gasteiger partial charge in [-0.05, 0) is 19.4 Å². The van der Waals surface area contributed by atoms with Gasteiger partial charge in [-0.15, -0.1) is 0 Å². The molecule has 0 radical (unpaired) electrons. The van der Waals surface area contributed by atoms with Gasteiger partial charge in [-0.2, -0.15) is 0 Å². The zero-order valence-corrected chi connectivity index (χ0v) is 10.8. The molecule has 0 saturated heterocycles. The molecule has 3 nitrogen and oxygen atoms in total. The van der Waals surface area contributed by atoms with Crippen LogP contribution in [0.3, 0.4) is 0 Å². The third-order valence-electron chi connectivity index (χ3n) is 2.19. The van der Waals surface area contributed by atoms with Crippen LogP contribution in [-0.4, -0.2) is 18.4 Å². The summed E-state index contributed by atoms with van der Waals surface area (Å²) in [6.45, 7) is 4.26. The smallest absolute Gasteiger partial charge is 0.330 e. The van der Waals surface area contributed by atoms with E-state index in [1.54, 1.807) is 13.0 Å². The Kier molecular flexibility index (Phi) is 10.2. The summed E-state index contributed by atoms with van der Waals surface area (Å²) in [7, 11) is 0. The molecule has 0 aliphatic rings. The lowest BCUT2D eigenvalue weighted by atomic mass is 10.1. The molecular weight excluding hydrogens is 216 g/mol. The van der Waals surface area contributed by atoms with Crippen molar-refractivity contribution in [3.05, 3.63) is 24.3 Å². The summed E-state index contributed by atoms with van der Waals surface area (Å²) in [5, 5.41) is 0. The summed E-state index contributed by atoms with van der Waals surface area (Å²) in [6, 6.07) is 0. The fraction of sp³-hybridized carbons (Fsp3) is 0.571. The predicted molar refractivity (Wildman–Crippen MR) is 68.7 cm³/mol. The average Bonchev–Trinajstić information content (AvgIpc) is 2.31. The highest BCUT2D eigenvalue weighted by Gasteiger charge is 1.95. The van der Waals surface area contributed by atoms with Gasteiger partial charge in [-0.3, -0.25) is 4.79 Å². The van der Waals surface area contributed by atoms with Gasteiger partial charge < -0.3 is 4.74 Å². The van der Waals surface area contributed by atoms with Crippen molar-refractivity contribution in [3.8, 4) is 0 Å². The fourth-order valence-electron chi connectivity index (χ4n) is 1.30. The lowest BCUT2D eigenvalue weighted by Gasteiger charge is -1.95. The molecule has 0 fully saturated rings. The van der Waals surface area contributed by atoms with E-state index < -0.39 is 0 Å². The molecular formula is C14H22O3. The van der Waals surface area contributed by atoms with Gasteiger partial charge in [0.25, 0.3) is 0 Å². The summed E-state index contributed by atoms with van der Waals surface area (Å²) >= 11 is 0. The zero-order chi connectivity index (χ0) is 12.9. The largest absolute Gasteiger partial charge is 0.463 e. The molecule has 0 spiro atoms. The second-order valence-corrected chi connectivity index (χ2v) is 3.75. The summed E-state index contributed by atoms with van der Waals surface area (Å²) in [5.74, 6) is -0.276. The Morgan fingerprint density at radius 3 is 2.35 bits per heavy atom. The van der Waals surface area contributed by atoms with Crippen LogP contribution in [0.25, 0.3) is 0 Å². The summed E-state index contributed by atoms with van der Waals surface area (Å²) in [6.07, 6.45) is 10.9. The average molecular weight is 238 g/mol. The molecule has 0 bridgehead atoms. The van der Waals surface area contributed by atoms with E-state index in [0.29, 0.717) is 13.0 Å². The van der Waals surface area contributed by atoms with Crippen LogP contribution < -0.4 is 0 Å². The maximum Gasteiger partial charge on any atom is 0.330 e. The van der Waals surface area contributed by atoms with Crippen LogP contribution in [0.1, 0.15) is 46.0 Å². The Bertz CT molecular complexity index is 277. The van der Waals surface area contributed by atoms with Gasteiger partial charge in [0, 0.05) is 12.5 Å². The Morgan fingerprint density at radius 1 is 1.00 bits per heavy atom. The van der Waals surface area contributed by atoms with Crippen molar-refractivity contribution in [3.63, 3.8) is 0 Å². The first kappa shape index (κ1) is 15.6. The van der Waals surface area contributed by atoms with Crippen molar-refractivity contribution in [2.45, 2.75) is 46.0 Å². The molecule has 96 valence electrons. The normalized spacial score (nSPS) is 11.2. The first-order chi connectivity index (χ1) is 8.20. The van der Waals surface area contributed by atoms with Gasteiger partial charge in [0.2, 0.25) is 0 Å². The predicted octanol–water partition coefficient (Wildman–Crippen LogP) is 3.20. The maximum absolute atomic E-state index is 11.3. The van der Waals surface area contributed by atoms with E-state index in [0.717, 1.165) is 12.8 Å². The second-order valence-electron chi connectivity index (χ2n) is 3.75.